The molecule has 5 nitrogen and oxygen atoms in total. The van der Waals surface area contributed by atoms with Gasteiger partial charge in [0.05, 0.1) is 7.11 Å². The van der Waals surface area contributed by atoms with Crippen LogP contribution in [0.4, 0.5) is 11.5 Å². The first-order chi connectivity index (χ1) is 16.5. The van der Waals surface area contributed by atoms with E-state index in [-0.39, 0.29) is 11.3 Å². The molecule has 2 atom stereocenters. The Kier molecular flexibility index (Phi) is 4.91. The highest BCUT2D eigenvalue weighted by atomic mass is 16.5. The molecule has 1 saturated heterocycles. The van der Waals surface area contributed by atoms with Crippen LogP contribution in [0.3, 0.4) is 0 Å². The predicted molar refractivity (Wildman–Crippen MR) is 135 cm³/mol. The van der Waals surface area contributed by atoms with Gasteiger partial charge in [0, 0.05) is 47.6 Å². The minimum atomic E-state index is 0.151. The third kappa shape index (κ3) is 3.46. The van der Waals surface area contributed by atoms with Crippen LogP contribution in [-0.4, -0.2) is 42.0 Å². The molecule has 5 heteroatoms. The molecule has 3 aromatic rings. The van der Waals surface area contributed by atoms with Crippen molar-refractivity contribution < 1.29 is 9.53 Å². The molecule has 3 aliphatic rings. The van der Waals surface area contributed by atoms with E-state index in [0.717, 1.165) is 53.5 Å². The van der Waals surface area contributed by atoms with E-state index in [0.29, 0.717) is 12.0 Å². The number of benzene rings is 2. The third-order valence-corrected chi connectivity index (χ3v) is 7.89. The molecule has 2 unspecified atom stereocenters. The van der Waals surface area contributed by atoms with E-state index in [1.54, 1.807) is 7.11 Å². The molecule has 2 fully saturated rings. The Hall–Kier alpha value is -3.34. The number of ether oxygens (including phenoxy) is 1. The summed E-state index contributed by atoms with van der Waals surface area (Å²) < 4.78 is 5.37. The minimum absolute atomic E-state index is 0.151. The van der Waals surface area contributed by atoms with Crippen molar-refractivity contribution in [3.8, 4) is 16.9 Å². The summed E-state index contributed by atoms with van der Waals surface area (Å²) in [5, 5.41) is 0. The average molecular weight is 454 g/mol. The van der Waals surface area contributed by atoms with Crippen molar-refractivity contribution in [2.75, 3.05) is 25.1 Å². The second-order valence-electron chi connectivity index (χ2n) is 10.4. The fraction of sp³-hybridized carbons (Fsp3) is 0.379. The second kappa shape index (κ2) is 7.86. The lowest BCUT2D eigenvalue weighted by molar-refractivity contribution is 0.0744. The van der Waals surface area contributed by atoms with Crippen LogP contribution < -0.4 is 9.64 Å². The number of pyridine rings is 1. The largest absolute Gasteiger partial charge is 0.497 e. The fourth-order valence-electron chi connectivity index (χ4n) is 5.86. The van der Waals surface area contributed by atoms with Gasteiger partial charge in [-0.15, -0.1) is 0 Å². The maximum atomic E-state index is 13.4. The number of carbonyl (C=O) groups is 1. The minimum Gasteiger partial charge on any atom is -0.497 e. The van der Waals surface area contributed by atoms with Crippen molar-refractivity contribution >= 4 is 17.4 Å². The van der Waals surface area contributed by atoms with E-state index in [4.69, 9.17) is 9.72 Å². The summed E-state index contributed by atoms with van der Waals surface area (Å²) >= 11 is 0. The first-order valence-corrected chi connectivity index (χ1v) is 12.3. The van der Waals surface area contributed by atoms with E-state index >= 15 is 0 Å². The Morgan fingerprint density at radius 3 is 2.59 bits per heavy atom. The number of amides is 1. The third-order valence-electron chi connectivity index (χ3n) is 7.89. The fourth-order valence-corrected chi connectivity index (χ4v) is 5.86. The maximum absolute atomic E-state index is 13.4. The molecule has 0 N–H and O–H groups in total. The predicted octanol–water partition coefficient (Wildman–Crippen LogP) is 5.81. The molecule has 0 radical (unpaired) electrons. The smallest absolute Gasteiger partial charge is 0.254 e. The molecule has 1 saturated carbocycles. The maximum Gasteiger partial charge on any atom is 0.254 e. The average Bonchev–Trinajstić information content (AvgIpc) is 3.47. The topological polar surface area (TPSA) is 45.7 Å². The van der Waals surface area contributed by atoms with Gasteiger partial charge in [0.25, 0.3) is 5.91 Å². The number of fused-ring (bicyclic) bond motifs is 2. The molecule has 1 aromatic heterocycles. The van der Waals surface area contributed by atoms with E-state index in [1.165, 1.54) is 18.4 Å². The lowest BCUT2D eigenvalue weighted by Gasteiger charge is -2.23. The van der Waals surface area contributed by atoms with Crippen LogP contribution in [0.25, 0.3) is 11.1 Å². The van der Waals surface area contributed by atoms with Gasteiger partial charge in [0.2, 0.25) is 0 Å². The molecule has 2 aliphatic heterocycles. The molecule has 174 valence electrons. The molecule has 1 spiro atoms. The van der Waals surface area contributed by atoms with Crippen molar-refractivity contribution in [1.29, 1.82) is 0 Å². The van der Waals surface area contributed by atoms with E-state index < -0.39 is 0 Å². The molecule has 6 rings (SSSR count). The van der Waals surface area contributed by atoms with Gasteiger partial charge in [-0.05, 0) is 79.6 Å². The molecule has 1 amide bonds. The zero-order valence-corrected chi connectivity index (χ0v) is 20.1. The van der Waals surface area contributed by atoms with Gasteiger partial charge < -0.3 is 14.5 Å². The Bertz CT molecular complexity index is 1250. The standard InChI is InChI=1S/C29H31N3O2/c1-19-13-20(2)31(17-19)28(33)22-7-9-25-26(15-22)32(18-29(25)11-12-29)27-10-8-23(16-30-27)21-5-4-6-24(14-21)34-3/h4-10,14-16,19-20H,11-13,17-18H2,1-3H3. The number of nitrogens with zero attached hydrogens (tertiary/aromatic N) is 3. The summed E-state index contributed by atoms with van der Waals surface area (Å²) in [5.41, 5.74) is 5.66. The van der Waals surface area contributed by atoms with Crippen molar-refractivity contribution in [3.63, 3.8) is 0 Å². The van der Waals surface area contributed by atoms with Crippen LogP contribution >= 0.6 is 0 Å². The van der Waals surface area contributed by atoms with Crippen molar-refractivity contribution in [2.24, 2.45) is 5.92 Å². The lowest BCUT2D eigenvalue weighted by Crippen LogP contribution is -2.34. The second-order valence-corrected chi connectivity index (χ2v) is 10.4. The van der Waals surface area contributed by atoms with Crippen LogP contribution in [0.5, 0.6) is 5.75 Å². The number of aromatic nitrogens is 1. The van der Waals surface area contributed by atoms with Gasteiger partial charge in [-0.25, -0.2) is 4.98 Å². The number of hydrogen-bond acceptors (Lipinski definition) is 4. The van der Waals surface area contributed by atoms with Gasteiger partial charge in [0.15, 0.2) is 0 Å². The Morgan fingerprint density at radius 2 is 1.91 bits per heavy atom. The van der Waals surface area contributed by atoms with Crippen LogP contribution in [0.15, 0.2) is 60.8 Å². The number of rotatable bonds is 4. The quantitative estimate of drug-likeness (QED) is 0.500. The highest BCUT2D eigenvalue weighted by Crippen LogP contribution is 2.58. The summed E-state index contributed by atoms with van der Waals surface area (Å²) in [5.74, 6) is 2.48. The molecule has 2 aromatic carbocycles. The van der Waals surface area contributed by atoms with Crippen LogP contribution in [-0.2, 0) is 5.41 Å². The zero-order valence-electron chi connectivity index (χ0n) is 20.1. The van der Waals surface area contributed by atoms with E-state index in [9.17, 15) is 4.79 Å². The van der Waals surface area contributed by atoms with Gasteiger partial charge in [-0.2, -0.15) is 0 Å². The lowest BCUT2D eigenvalue weighted by atomic mass is 9.97. The highest BCUT2D eigenvalue weighted by Gasteiger charge is 2.52. The zero-order chi connectivity index (χ0) is 23.4. The number of hydrogen-bond donors (Lipinski definition) is 0. The monoisotopic (exact) mass is 453 g/mol. The molecule has 3 heterocycles. The van der Waals surface area contributed by atoms with Crippen LogP contribution in [0.1, 0.15) is 49.0 Å². The Balaban J connectivity index is 1.32. The van der Waals surface area contributed by atoms with Gasteiger partial charge in [-0.3, -0.25) is 4.79 Å². The Morgan fingerprint density at radius 1 is 1.06 bits per heavy atom. The van der Waals surface area contributed by atoms with Crippen LogP contribution in [0.2, 0.25) is 0 Å². The van der Waals surface area contributed by atoms with Gasteiger partial charge >= 0.3 is 0 Å². The summed E-state index contributed by atoms with van der Waals surface area (Å²) in [6.07, 6.45) is 5.41. The molecule has 1 aliphatic carbocycles. The van der Waals surface area contributed by atoms with Crippen molar-refractivity contribution in [3.05, 3.63) is 71.9 Å². The van der Waals surface area contributed by atoms with E-state index in [2.05, 4.69) is 49.1 Å². The van der Waals surface area contributed by atoms with Crippen molar-refractivity contribution in [1.82, 2.24) is 9.88 Å². The first kappa shape index (κ1) is 21.2. The first-order valence-electron chi connectivity index (χ1n) is 12.3. The molecular formula is C29H31N3O2. The van der Waals surface area contributed by atoms with Gasteiger partial charge in [-0.1, -0.05) is 25.1 Å². The summed E-state index contributed by atoms with van der Waals surface area (Å²) in [6, 6.07) is 18.9. The molecule has 0 bridgehead atoms. The molecular weight excluding hydrogens is 422 g/mol. The van der Waals surface area contributed by atoms with Gasteiger partial charge in [0.1, 0.15) is 11.6 Å². The van der Waals surface area contributed by atoms with Crippen LogP contribution in [0, 0.1) is 5.92 Å². The molecule has 34 heavy (non-hydrogen) atoms. The normalized spacial score (nSPS) is 22.2. The Labute approximate surface area is 201 Å². The highest BCUT2D eigenvalue weighted by molar-refractivity contribution is 5.96. The number of likely N-dealkylation sites (tertiary alicyclic amines) is 1. The summed E-state index contributed by atoms with van der Waals surface area (Å²) in [4.78, 5) is 22.6. The summed E-state index contributed by atoms with van der Waals surface area (Å²) in [7, 11) is 1.68. The number of carbonyl (C=O) groups excluding carboxylic acids is 1. The SMILES string of the molecule is COc1cccc(-c2ccc(N3CC4(CC4)c4ccc(C(=O)N5CC(C)CC5C)cc43)nc2)c1. The van der Waals surface area contributed by atoms with E-state index in [1.807, 2.05) is 35.4 Å². The number of anilines is 2. The summed E-state index contributed by atoms with van der Waals surface area (Å²) in [6.45, 7) is 6.17. The van der Waals surface area contributed by atoms with Crippen molar-refractivity contribution in [2.45, 2.75) is 44.6 Å². The number of methoxy groups -OCH3 is 1.